The molecule has 0 aliphatic carbocycles. The SMILES string of the molecule is C=CC(Nc1nc2c(OCC(F)(F)F)ccc(C(F)(F)F)n2n1)C1CCN(c2ncncc2F)C1. The molecule has 0 amide bonds. The molecule has 4 rings (SSSR count). The number of rotatable bonds is 7. The number of fused-ring (bicyclic) bond motifs is 1. The summed E-state index contributed by atoms with van der Waals surface area (Å²) in [4.78, 5) is 13.2. The monoisotopic (exact) mass is 505 g/mol. The zero-order valence-corrected chi connectivity index (χ0v) is 17.8. The van der Waals surface area contributed by atoms with Crippen LogP contribution >= 0.6 is 0 Å². The largest absolute Gasteiger partial charge is 0.480 e. The van der Waals surface area contributed by atoms with Gasteiger partial charge in [0.1, 0.15) is 12.0 Å². The molecule has 1 aliphatic rings. The van der Waals surface area contributed by atoms with Crippen molar-refractivity contribution in [1.82, 2.24) is 24.6 Å². The highest BCUT2D eigenvalue weighted by molar-refractivity contribution is 5.57. The van der Waals surface area contributed by atoms with Crippen molar-refractivity contribution in [3.05, 3.63) is 48.8 Å². The van der Waals surface area contributed by atoms with E-state index >= 15 is 0 Å². The van der Waals surface area contributed by atoms with Crippen LogP contribution in [0.2, 0.25) is 0 Å². The maximum absolute atomic E-state index is 14.0. The molecule has 15 heteroatoms. The second-order valence-electron chi connectivity index (χ2n) is 7.75. The lowest BCUT2D eigenvalue weighted by Crippen LogP contribution is -2.31. The van der Waals surface area contributed by atoms with E-state index in [0.717, 1.165) is 12.3 Å². The van der Waals surface area contributed by atoms with Crippen LogP contribution < -0.4 is 15.0 Å². The van der Waals surface area contributed by atoms with Gasteiger partial charge in [-0.1, -0.05) is 6.08 Å². The number of nitrogens with one attached hydrogen (secondary N) is 1. The minimum atomic E-state index is -4.85. The fourth-order valence-corrected chi connectivity index (χ4v) is 3.82. The molecular formula is C20H18F7N7O. The van der Waals surface area contributed by atoms with E-state index < -0.39 is 47.9 Å². The van der Waals surface area contributed by atoms with E-state index in [1.165, 1.54) is 12.4 Å². The smallest absolute Gasteiger partial charge is 0.433 e. The summed E-state index contributed by atoms with van der Waals surface area (Å²) in [5.74, 6) is -1.43. The topological polar surface area (TPSA) is 80.5 Å². The molecule has 188 valence electrons. The van der Waals surface area contributed by atoms with Crippen LogP contribution in [0.1, 0.15) is 12.1 Å². The van der Waals surface area contributed by atoms with Gasteiger partial charge in [0.15, 0.2) is 29.6 Å². The Morgan fingerprint density at radius 2 is 2.00 bits per heavy atom. The third-order valence-corrected chi connectivity index (χ3v) is 5.36. The lowest BCUT2D eigenvalue weighted by molar-refractivity contribution is -0.153. The van der Waals surface area contributed by atoms with Gasteiger partial charge in [-0.25, -0.2) is 18.9 Å². The number of nitrogens with zero attached hydrogens (tertiary/aromatic N) is 6. The molecule has 1 aliphatic heterocycles. The maximum atomic E-state index is 14.0. The Balaban J connectivity index is 1.59. The number of ether oxygens (including phenoxy) is 1. The highest BCUT2D eigenvalue weighted by atomic mass is 19.4. The predicted octanol–water partition coefficient (Wildman–Crippen LogP) is 4.11. The Hall–Kier alpha value is -3.65. The minimum Gasteiger partial charge on any atom is -0.480 e. The van der Waals surface area contributed by atoms with Crippen molar-refractivity contribution < 1.29 is 35.5 Å². The first-order valence-electron chi connectivity index (χ1n) is 10.2. The lowest BCUT2D eigenvalue weighted by atomic mass is 9.99. The molecule has 0 bridgehead atoms. The van der Waals surface area contributed by atoms with E-state index in [2.05, 4.69) is 36.7 Å². The number of hydrogen-bond acceptors (Lipinski definition) is 7. The van der Waals surface area contributed by atoms with Crippen LogP contribution in [0.15, 0.2) is 37.3 Å². The van der Waals surface area contributed by atoms with E-state index in [0.29, 0.717) is 30.1 Å². The van der Waals surface area contributed by atoms with Gasteiger partial charge < -0.3 is 15.0 Å². The molecule has 0 radical (unpaired) electrons. The Kier molecular flexibility index (Phi) is 6.42. The average molecular weight is 505 g/mol. The summed E-state index contributed by atoms with van der Waals surface area (Å²) >= 11 is 0. The first-order valence-corrected chi connectivity index (χ1v) is 10.2. The van der Waals surface area contributed by atoms with Gasteiger partial charge in [-0.05, 0) is 18.6 Å². The van der Waals surface area contributed by atoms with Crippen LogP contribution in [0.25, 0.3) is 5.65 Å². The maximum Gasteiger partial charge on any atom is 0.433 e. The number of anilines is 2. The molecule has 1 fully saturated rings. The van der Waals surface area contributed by atoms with Crippen molar-refractivity contribution in [2.24, 2.45) is 5.92 Å². The standard InChI is InChI=1S/C20H18F7N7O/c1-2-13(11-5-6-33(8-11)16-12(21)7-28-10-29-16)30-18-31-17-14(35-9-19(22,23)24)3-4-15(20(25,26)27)34(17)32-18/h2-4,7,10-11,13H,1,5-6,8-9H2,(H,30,32). The summed E-state index contributed by atoms with van der Waals surface area (Å²) in [6, 6.07) is 0.780. The van der Waals surface area contributed by atoms with E-state index in [-0.39, 0.29) is 17.7 Å². The van der Waals surface area contributed by atoms with Gasteiger partial charge in [-0.3, -0.25) is 0 Å². The fourth-order valence-electron chi connectivity index (χ4n) is 3.82. The fraction of sp³-hybridized carbons (Fsp3) is 0.400. The van der Waals surface area contributed by atoms with E-state index in [1.807, 2.05) is 0 Å². The summed E-state index contributed by atoms with van der Waals surface area (Å²) in [7, 11) is 0. The molecular weight excluding hydrogens is 487 g/mol. The van der Waals surface area contributed by atoms with Gasteiger partial charge >= 0.3 is 12.4 Å². The van der Waals surface area contributed by atoms with Gasteiger partial charge in [-0.2, -0.15) is 31.3 Å². The van der Waals surface area contributed by atoms with Crippen molar-refractivity contribution in [1.29, 1.82) is 0 Å². The number of pyridine rings is 1. The molecule has 2 atom stereocenters. The molecule has 3 aromatic heterocycles. The van der Waals surface area contributed by atoms with E-state index in [4.69, 9.17) is 0 Å². The van der Waals surface area contributed by atoms with E-state index in [9.17, 15) is 30.7 Å². The van der Waals surface area contributed by atoms with Crippen LogP contribution in [0, 0.1) is 11.7 Å². The third-order valence-electron chi connectivity index (χ3n) is 5.36. The molecule has 0 aromatic carbocycles. The van der Waals surface area contributed by atoms with Crippen LogP contribution in [0.5, 0.6) is 5.75 Å². The van der Waals surface area contributed by atoms with Gasteiger partial charge in [0, 0.05) is 19.0 Å². The zero-order chi connectivity index (χ0) is 25.4. The Labute approximate surface area is 193 Å². The van der Waals surface area contributed by atoms with Crippen LogP contribution in [-0.4, -0.2) is 56.5 Å². The number of halogens is 7. The molecule has 1 saturated heterocycles. The van der Waals surface area contributed by atoms with Crippen molar-refractivity contribution >= 4 is 17.4 Å². The highest BCUT2D eigenvalue weighted by Gasteiger charge is 2.37. The number of aromatic nitrogens is 5. The Morgan fingerprint density at radius 1 is 1.23 bits per heavy atom. The summed E-state index contributed by atoms with van der Waals surface area (Å²) < 4.78 is 97.2. The molecule has 3 aromatic rings. The number of hydrogen-bond donors (Lipinski definition) is 1. The summed E-state index contributed by atoms with van der Waals surface area (Å²) in [5, 5.41) is 6.67. The second kappa shape index (κ2) is 9.19. The first-order chi connectivity index (χ1) is 16.5. The Bertz CT molecular complexity index is 1210. The molecule has 0 spiro atoms. The normalized spacial score (nSPS) is 17.6. The average Bonchev–Trinajstić information content (AvgIpc) is 3.42. The molecule has 2 unspecified atom stereocenters. The summed E-state index contributed by atoms with van der Waals surface area (Å²) in [6.45, 7) is 2.82. The van der Waals surface area contributed by atoms with Crippen molar-refractivity contribution in [3.8, 4) is 5.75 Å². The van der Waals surface area contributed by atoms with Crippen molar-refractivity contribution in [2.75, 3.05) is 29.9 Å². The predicted molar refractivity (Wildman–Crippen MR) is 109 cm³/mol. The van der Waals surface area contributed by atoms with Crippen LogP contribution in [-0.2, 0) is 6.18 Å². The van der Waals surface area contributed by atoms with Crippen LogP contribution in [0.3, 0.4) is 0 Å². The summed E-state index contributed by atoms with van der Waals surface area (Å²) in [5.41, 5.74) is -1.78. The van der Waals surface area contributed by atoms with Gasteiger partial charge in [0.2, 0.25) is 5.95 Å². The molecule has 35 heavy (non-hydrogen) atoms. The van der Waals surface area contributed by atoms with Gasteiger partial charge in [0.25, 0.3) is 0 Å². The highest BCUT2D eigenvalue weighted by Crippen LogP contribution is 2.34. The van der Waals surface area contributed by atoms with Gasteiger partial charge in [-0.15, -0.1) is 11.7 Å². The Morgan fingerprint density at radius 3 is 2.66 bits per heavy atom. The molecule has 0 saturated carbocycles. The van der Waals surface area contributed by atoms with E-state index in [1.54, 1.807) is 4.90 Å². The molecule has 1 N–H and O–H groups in total. The quantitative estimate of drug-likeness (QED) is 0.383. The third kappa shape index (κ3) is 5.38. The van der Waals surface area contributed by atoms with Crippen molar-refractivity contribution in [3.63, 3.8) is 0 Å². The minimum absolute atomic E-state index is 0.123. The molecule has 4 heterocycles. The second-order valence-corrected chi connectivity index (χ2v) is 7.75. The van der Waals surface area contributed by atoms with Gasteiger partial charge in [0.05, 0.1) is 12.2 Å². The lowest BCUT2D eigenvalue weighted by Gasteiger charge is -2.22. The first kappa shape index (κ1) is 24.5. The summed E-state index contributed by atoms with van der Waals surface area (Å²) in [6.07, 6.45) is -5.23. The van der Waals surface area contributed by atoms with Crippen molar-refractivity contribution in [2.45, 2.75) is 24.8 Å². The number of alkyl halides is 6. The zero-order valence-electron chi connectivity index (χ0n) is 17.8. The van der Waals surface area contributed by atoms with Crippen LogP contribution in [0.4, 0.5) is 42.5 Å². The molecule has 8 nitrogen and oxygen atoms in total.